The standard InChI is InChI=1S/C41H49ClN10O4/c1-3-28-5-4-6-30(23-28)31-24-35(50-27(2)53)36(47-25-31)39(54)46-18-22-56-21-17-44-15-12-34(29-7-9-32(42)10-8-29)51-40(55)41(43)13-19-52(20-14-41)38-33-11-16-45-37(33)48-26-49-38/h4-11,16,23-26,34,44H,3,12-15,17-22,43H2,1-2H3,(H,46,54)(H,50,53)(H,51,55)(H,45,48,49)/t34-/m0/s1. The Hall–Kier alpha value is -5.41. The molecule has 0 saturated carbocycles. The van der Waals surface area contributed by atoms with Crippen molar-refractivity contribution < 1.29 is 19.1 Å². The van der Waals surface area contributed by atoms with Crippen LogP contribution >= 0.6 is 11.6 Å². The fourth-order valence-electron chi connectivity index (χ4n) is 6.77. The number of ether oxygens (including phenoxy) is 1. The summed E-state index contributed by atoms with van der Waals surface area (Å²) in [6.07, 6.45) is 7.49. The van der Waals surface area contributed by atoms with E-state index in [0.29, 0.717) is 62.8 Å². The van der Waals surface area contributed by atoms with Crippen LogP contribution in [0.25, 0.3) is 22.2 Å². The van der Waals surface area contributed by atoms with Crippen LogP contribution in [0.15, 0.2) is 79.4 Å². The molecule has 6 rings (SSSR count). The summed E-state index contributed by atoms with van der Waals surface area (Å²) >= 11 is 6.18. The van der Waals surface area contributed by atoms with Crippen molar-refractivity contribution in [3.63, 3.8) is 0 Å². The second-order valence-electron chi connectivity index (χ2n) is 13.9. The molecule has 5 aromatic rings. The van der Waals surface area contributed by atoms with Gasteiger partial charge < -0.3 is 41.6 Å². The first-order chi connectivity index (χ1) is 27.1. The minimum Gasteiger partial charge on any atom is -0.378 e. The quantitative estimate of drug-likeness (QED) is 0.0717. The minimum atomic E-state index is -1.02. The van der Waals surface area contributed by atoms with Crippen LogP contribution in [-0.4, -0.2) is 89.1 Å². The Balaban J connectivity index is 0.939. The summed E-state index contributed by atoms with van der Waals surface area (Å²) in [7, 11) is 0. The Labute approximate surface area is 331 Å². The van der Waals surface area contributed by atoms with Crippen LogP contribution in [0.1, 0.15) is 60.8 Å². The van der Waals surface area contributed by atoms with Crippen LogP contribution in [-0.2, 0) is 20.7 Å². The molecular formula is C41H49ClN10O4. The SMILES string of the molecule is CCc1cccc(-c2cnc(C(=O)NCCOCCNCC[C@H](NC(=O)C3(N)CCN(c4ncnc5[nH]ccc45)CC3)c3ccc(Cl)cc3)c(NC(C)=O)c2)c1. The van der Waals surface area contributed by atoms with Gasteiger partial charge in [-0.3, -0.25) is 14.4 Å². The largest absolute Gasteiger partial charge is 0.378 e. The number of fused-ring (bicyclic) bond motifs is 1. The fraction of sp³-hybridized carbons (Fsp3) is 0.366. The molecule has 1 atom stereocenters. The smallest absolute Gasteiger partial charge is 0.272 e. The third kappa shape index (κ3) is 10.3. The second kappa shape index (κ2) is 19.0. The number of hydrogen-bond donors (Lipinski definition) is 6. The van der Waals surface area contributed by atoms with Crippen molar-refractivity contribution in [1.82, 2.24) is 35.9 Å². The number of aromatic nitrogens is 4. The lowest BCUT2D eigenvalue weighted by Gasteiger charge is -2.39. The topological polar surface area (TPSA) is 192 Å². The number of hydrogen-bond acceptors (Lipinski definition) is 10. The summed E-state index contributed by atoms with van der Waals surface area (Å²) in [6.45, 7) is 6.81. The number of nitrogens with two attached hydrogens (primary N) is 1. The van der Waals surface area contributed by atoms with Crippen LogP contribution in [0, 0.1) is 0 Å². The van der Waals surface area contributed by atoms with Gasteiger partial charge in [-0.25, -0.2) is 15.0 Å². The zero-order chi connectivity index (χ0) is 39.5. The lowest BCUT2D eigenvalue weighted by atomic mass is 9.87. The number of anilines is 2. The van der Waals surface area contributed by atoms with Gasteiger partial charge in [-0.15, -0.1) is 0 Å². The number of aromatic amines is 1. The number of nitrogens with zero attached hydrogens (tertiary/aromatic N) is 4. The summed E-state index contributed by atoms with van der Waals surface area (Å²) in [5, 5.41) is 13.7. The highest BCUT2D eigenvalue weighted by atomic mass is 35.5. The fourth-order valence-corrected chi connectivity index (χ4v) is 6.90. The zero-order valence-corrected chi connectivity index (χ0v) is 32.5. The van der Waals surface area contributed by atoms with Crippen molar-refractivity contribution in [2.45, 2.75) is 51.1 Å². The number of halogens is 1. The maximum atomic E-state index is 13.7. The molecule has 3 aromatic heterocycles. The summed E-state index contributed by atoms with van der Waals surface area (Å²) in [5.74, 6) is -0.0547. The van der Waals surface area contributed by atoms with E-state index in [-0.39, 0.29) is 36.7 Å². The number of rotatable bonds is 17. The molecular weight excluding hydrogens is 732 g/mol. The van der Waals surface area contributed by atoms with Crippen LogP contribution in [0.2, 0.25) is 5.02 Å². The van der Waals surface area contributed by atoms with Crippen molar-refractivity contribution in [1.29, 1.82) is 0 Å². The third-order valence-electron chi connectivity index (χ3n) is 9.96. The van der Waals surface area contributed by atoms with Gasteiger partial charge in [-0.2, -0.15) is 0 Å². The molecule has 1 aliphatic rings. The normalized spacial score (nSPS) is 14.3. The average molecular weight is 781 g/mol. The van der Waals surface area contributed by atoms with Gasteiger partial charge in [0.25, 0.3) is 5.91 Å². The van der Waals surface area contributed by atoms with Crippen LogP contribution in [0.5, 0.6) is 0 Å². The molecule has 2 aromatic carbocycles. The molecule has 1 fully saturated rings. The summed E-state index contributed by atoms with van der Waals surface area (Å²) in [6, 6.07) is 19.0. The molecule has 0 bridgehead atoms. The number of piperidine rings is 1. The molecule has 294 valence electrons. The van der Waals surface area contributed by atoms with E-state index in [1.54, 1.807) is 18.6 Å². The van der Waals surface area contributed by atoms with E-state index in [1.165, 1.54) is 12.5 Å². The van der Waals surface area contributed by atoms with Crippen molar-refractivity contribution in [3.05, 3.63) is 101 Å². The molecule has 0 unspecified atom stereocenters. The van der Waals surface area contributed by atoms with E-state index >= 15 is 0 Å². The van der Waals surface area contributed by atoms with E-state index in [4.69, 9.17) is 22.1 Å². The first-order valence-corrected chi connectivity index (χ1v) is 19.3. The first-order valence-electron chi connectivity index (χ1n) is 19.0. The molecule has 56 heavy (non-hydrogen) atoms. The Morgan fingerprint density at radius 2 is 1.77 bits per heavy atom. The molecule has 15 heteroatoms. The van der Waals surface area contributed by atoms with Gasteiger partial charge in [-0.1, -0.05) is 54.9 Å². The minimum absolute atomic E-state index is 0.131. The third-order valence-corrected chi connectivity index (χ3v) is 10.2. The second-order valence-corrected chi connectivity index (χ2v) is 14.4. The highest BCUT2D eigenvalue weighted by molar-refractivity contribution is 6.30. The zero-order valence-electron chi connectivity index (χ0n) is 31.7. The Morgan fingerprint density at radius 1 is 0.982 bits per heavy atom. The molecule has 14 nitrogen and oxygen atoms in total. The molecule has 0 radical (unpaired) electrons. The van der Waals surface area contributed by atoms with Gasteiger partial charge in [-0.05, 0) is 73.2 Å². The number of H-pyrrole nitrogens is 1. The number of carbonyl (C=O) groups is 3. The van der Waals surface area contributed by atoms with E-state index in [2.05, 4.69) is 65.2 Å². The highest BCUT2D eigenvalue weighted by Gasteiger charge is 2.39. The lowest BCUT2D eigenvalue weighted by Crippen LogP contribution is -2.60. The van der Waals surface area contributed by atoms with Crippen molar-refractivity contribution in [3.8, 4) is 11.1 Å². The molecule has 4 heterocycles. The summed E-state index contributed by atoms with van der Waals surface area (Å²) in [4.78, 5) is 57.1. The maximum Gasteiger partial charge on any atom is 0.272 e. The molecule has 0 aliphatic carbocycles. The highest BCUT2D eigenvalue weighted by Crippen LogP contribution is 2.30. The molecule has 0 spiro atoms. The van der Waals surface area contributed by atoms with Crippen LogP contribution in [0.4, 0.5) is 11.5 Å². The van der Waals surface area contributed by atoms with E-state index in [0.717, 1.165) is 40.0 Å². The molecule has 1 saturated heterocycles. The predicted molar refractivity (Wildman–Crippen MR) is 219 cm³/mol. The van der Waals surface area contributed by atoms with Crippen LogP contribution < -0.4 is 31.9 Å². The van der Waals surface area contributed by atoms with Crippen molar-refractivity contribution >= 4 is 51.9 Å². The van der Waals surface area contributed by atoms with Gasteiger partial charge in [0.05, 0.1) is 35.9 Å². The van der Waals surface area contributed by atoms with Gasteiger partial charge in [0.15, 0.2) is 5.69 Å². The summed E-state index contributed by atoms with van der Waals surface area (Å²) < 4.78 is 5.75. The van der Waals surface area contributed by atoms with E-state index < -0.39 is 11.4 Å². The monoisotopic (exact) mass is 780 g/mol. The maximum absolute atomic E-state index is 13.7. The number of aryl methyl sites for hydroxylation is 1. The average Bonchev–Trinajstić information content (AvgIpc) is 3.70. The van der Waals surface area contributed by atoms with Gasteiger partial charge in [0.2, 0.25) is 11.8 Å². The Bertz CT molecular complexity index is 2120. The molecule has 7 N–H and O–H groups in total. The number of benzene rings is 2. The van der Waals surface area contributed by atoms with E-state index in [1.807, 2.05) is 48.7 Å². The van der Waals surface area contributed by atoms with Crippen molar-refractivity contribution in [2.24, 2.45) is 5.73 Å². The Kier molecular flexibility index (Phi) is 13.6. The molecule has 1 aliphatic heterocycles. The number of nitrogens with one attached hydrogen (secondary N) is 5. The predicted octanol–water partition coefficient (Wildman–Crippen LogP) is 4.78. The number of carbonyl (C=O) groups excluding carboxylic acids is 3. The lowest BCUT2D eigenvalue weighted by molar-refractivity contribution is -0.128. The van der Waals surface area contributed by atoms with Gasteiger partial charge in [0.1, 0.15) is 17.8 Å². The van der Waals surface area contributed by atoms with Crippen molar-refractivity contribution in [2.75, 3.05) is 56.2 Å². The molecule has 3 amide bonds. The van der Waals surface area contributed by atoms with Gasteiger partial charge in [0, 0.05) is 56.1 Å². The Morgan fingerprint density at radius 3 is 2.54 bits per heavy atom. The van der Waals surface area contributed by atoms with Crippen LogP contribution in [0.3, 0.4) is 0 Å². The van der Waals surface area contributed by atoms with Gasteiger partial charge >= 0.3 is 0 Å². The summed E-state index contributed by atoms with van der Waals surface area (Å²) in [5.41, 5.74) is 10.9. The number of pyridine rings is 1. The number of amides is 3. The first kappa shape index (κ1) is 40.3. The van der Waals surface area contributed by atoms with E-state index in [9.17, 15) is 14.4 Å².